The lowest BCUT2D eigenvalue weighted by Crippen LogP contribution is -2.27. The molecule has 0 heterocycles. The van der Waals surface area contributed by atoms with E-state index >= 15 is 0 Å². The molecule has 0 spiro atoms. The average Bonchev–Trinajstić information content (AvgIpc) is 2.54. The van der Waals surface area contributed by atoms with Gasteiger partial charge in [0.15, 0.2) is 0 Å². The summed E-state index contributed by atoms with van der Waals surface area (Å²) in [5.41, 5.74) is 0. The molecule has 4 unspecified atom stereocenters. The first-order chi connectivity index (χ1) is 11.9. The number of thioether (sulfide) groups is 1. The largest absolute Gasteiger partial charge is 0.155 e. The molecule has 0 amide bonds. The quantitative estimate of drug-likeness (QED) is 0.261. The summed E-state index contributed by atoms with van der Waals surface area (Å²) in [6, 6.07) is 0. The summed E-state index contributed by atoms with van der Waals surface area (Å²) in [6.45, 7) is 19.2. The highest BCUT2D eigenvalue weighted by atomic mass is 32.2. The number of hydrogen-bond acceptors (Lipinski definition) is 1. The van der Waals surface area contributed by atoms with Gasteiger partial charge in [0.1, 0.15) is 0 Å². The normalized spacial score (nSPS) is 17.0. The molecular formula is C24H50S. The lowest BCUT2D eigenvalue weighted by Gasteiger charge is -2.35. The lowest BCUT2D eigenvalue weighted by molar-refractivity contribution is 0.373. The highest BCUT2D eigenvalue weighted by molar-refractivity contribution is 8.00. The Bertz CT molecular complexity index is 256. The fourth-order valence-corrected chi connectivity index (χ4v) is 6.65. The maximum atomic E-state index is 2.43. The molecule has 0 N–H and O–H groups in total. The maximum absolute atomic E-state index is 2.43. The fraction of sp³-hybridized carbons (Fsp3) is 1.00. The summed E-state index contributed by atoms with van der Waals surface area (Å²) in [4.78, 5) is 0. The summed E-state index contributed by atoms with van der Waals surface area (Å²) >= 11 is 2.41. The smallest absolute Gasteiger partial charge is 0.00805 e. The molecule has 0 fully saturated rings. The van der Waals surface area contributed by atoms with Gasteiger partial charge in [0, 0.05) is 10.5 Å². The summed E-state index contributed by atoms with van der Waals surface area (Å²) in [7, 11) is 0. The Morgan fingerprint density at radius 1 is 0.600 bits per heavy atom. The van der Waals surface area contributed by atoms with Gasteiger partial charge in [-0.3, -0.25) is 0 Å². The van der Waals surface area contributed by atoms with Crippen LogP contribution >= 0.6 is 11.8 Å². The van der Waals surface area contributed by atoms with Gasteiger partial charge in [-0.05, 0) is 49.4 Å². The average molecular weight is 371 g/mol. The molecule has 0 nitrogen and oxygen atoms in total. The van der Waals surface area contributed by atoms with E-state index in [4.69, 9.17) is 0 Å². The van der Waals surface area contributed by atoms with Crippen LogP contribution in [0.1, 0.15) is 120 Å². The van der Waals surface area contributed by atoms with Crippen LogP contribution in [-0.2, 0) is 0 Å². The zero-order valence-corrected chi connectivity index (χ0v) is 19.8. The van der Waals surface area contributed by atoms with Crippen LogP contribution in [-0.4, -0.2) is 10.5 Å². The Labute approximate surface area is 165 Å². The number of unbranched alkanes of at least 4 members (excludes halogenated alkanes) is 2. The SMILES string of the molecule is CCCCC(CC)C(CC(C)C)SC(CC(C)C)C(CC)CCCC. The number of hydrogen-bond donors (Lipinski definition) is 0. The minimum Gasteiger partial charge on any atom is -0.155 e. The Morgan fingerprint density at radius 2 is 0.960 bits per heavy atom. The first-order valence-corrected chi connectivity index (χ1v) is 12.5. The van der Waals surface area contributed by atoms with Gasteiger partial charge in [0.25, 0.3) is 0 Å². The molecule has 0 aromatic heterocycles. The molecule has 0 aliphatic carbocycles. The van der Waals surface area contributed by atoms with Crippen molar-refractivity contribution in [3.05, 3.63) is 0 Å². The highest BCUT2D eigenvalue weighted by Gasteiger charge is 2.29. The van der Waals surface area contributed by atoms with Gasteiger partial charge >= 0.3 is 0 Å². The van der Waals surface area contributed by atoms with Crippen LogP contribution in [0.3, 0.4) is 0 Å². The molecule has 25 heavy (non-hydrogen) atoms. The second-order valence-corrected chi connectivity index (χ2v) is 10.6. The molecule has 0 saturated heterocycles. The van der Waals surface area contributed by atoms with E-state index in [1.807, 2.05) is 0 Å². The third-order valence-corrected chi connectivity index (χ3v) is 7.57. The first kappa shape index (κ1) is 25.4. The van der Waals surface area contributed by atoms with Crippen LogP contribution < -0.4 is 0 Å². The van der Waals surface area contributed by atoms with Crippen LogP contribution in [0.4, 0.5) is 0 Å². The van der Waals surface area contributed by atoms with Crippen molar-refractivity contribution in [1.29, 1.82) is 0 Å². The van der Waals surface area contributed by atoms with Crippen molar-refractivity contribution in [3.8, 4) is 0 Å². The van der Waals surface area contributed by atoms with Crippen molar-refractivity contribution in [2.24, 2.45) is 23.7 Å². The van der Waals surface area contributed by atoms with Crippen molar-refractivity contribution >= 4 is 11.8 Å². The molecule has 0 saturated carbocycles. The lowest BCUT2D eigenvalue weighted by atomic mass is 9.90. The van der Waals surface area contributed by atoms with E-state index in [2.05, 4.69) is 67.2 Å². The monoisotopic (exact) mass is 370 g/mol. The van der Waals surface area contributed by atoms with Crippen molar-refractivity contribution in [2.75, 3.05) is 0 Å². The summed E-state index contributed by atoms with van der Waals surface area (Å²) in [5.74, 6) is 3.49. The van der Waals surface area contributed by atoms with Crippen molar-refractivity contribution < 1.29 is 0 Å². The molecule has 4 atom stereocenters. The number of rotatable bonds is 16. The van der Waals surface area contributed by atoms with Gasteiger partial charge in [0.2, 0.25) is 0 Å². The summed E-state index contributed by atoms with van der Waals surface area (Å²) in [6.07, 6.45) is 13.9. The summed E-state index contributed by atoms with van der Waals surface area (Å²) in [5, 5.41) is 1.74. The molecule has 1 heteroatoms. The van der Waals surface area contributed by atoms with Gasteiger partial charge < -0.3 is 0 Å². The van der Waals surface area contributed by atoms with E-state index in [1.54, 1.807) is 0 Å². The Hall–Kier alpha value is 0.350. The van der Waals surface area contributed by atoms with Gasteiger partial charge in [-0.15, -0.1) is 0 Å². The molecule has 0 bridgehead atoms. The van der Waals surface area contributed by atoms with E-state index in [0.29, 0.717) is 0 Å². The van der Waals surface area contributed by atoms with Gasteiger partial charge in [-0.25, -0.2) is 0 Å². The van der Waals surface area contributed by atoms with Crippen LogP contribution in [0.5, 0.6) is 0 Å². The third kappa shape index (κ3) is 11.6. The Morgan fingerprint density at radius 3 is 1.20 bits per heavy atom. The molecule has 152 valence electrons. The highest BCUT2D eigenvalue weighted by Crippen LogP contribution is 2.40. The molecule has 0 aromatic carbocycles. The van der Waals surface area contributed by atoms with E-state index in [-0.39, 0.29) is 0 Å². The van der Waals surface area contributed by atoms with Crippen LogP contribution in [0.15, 0.2) is 0 Å². The molecule has 0 radical (unpaired) electrons. The predicted molar refractivity (Wildman–Crippen MR) is 121 cm³/mol. The third-order valence-electron chi connectivity index (χ3n) is 5.71. The summed E-state index contributed by atoms with van der Waals surface area (Å²) < 4.78 is 0. The van der Waals surface area contributed by atoms with Crippen LogP contribution in [0.2, 0.25) is 0 Å². The second kappa shape index (κ2) is 15.4. The molecular weight excluding hydrogens is 320 g/mol. The predicted octanol–water partition coefficient (Wildman–Crippen LogP) is 8.98. The first-order valence-electron chi connectivity index (χ1n) is 11.5. The Balaban J connectivity index is 5.18. The zero-order chi connectivity index (χ0) is 19.2. The van der Waals surface area contributed by atoms with E-state index < -0.39 is 0 Å². The zero-order valence-electron chi connectivity index (χ0n) is 18.9. The van der Waals surface area contributed by atoms with E-state index in [1.165, 1.54) is 64.2 Å². The standard InChI is InChI=1S/C24H50S/c1-9-13-15-21(11-3)23(17-19(5)6)25-24(18-20(7)8)22(12-4)16-14-10-2/h19-24H,9-18H2,1-8H3. The molecule has 0 aliphatic rings. The van der Waals surface area contributed by atoms with E-state index in [0.717, 1.165) is 34.2 Å². The minimum atomic E-state index is 0.823. The van der Waals surface area contributed by atoms with Gasteiger partial charge in [-0.1, -0.05) is 93.9 Å². The van der Waals surface area contributed by atoms with Crippen molar-refractivity contribution in [3.63, 3.8) is 0 Å². The van der Waals surface area contributed by atoms with Gasteiger partial charge in [-0.2, -0.15) is 11.8 Å². The van der Waals surface area contributed by atoms with Crippen LogP contribution in [0, 0.1) is 23.7 Å². The van der Waals surface area contributed by atoms with Crippen LogP contribution in [0.25, 0.3) is 0 Å². The minimum absolute atomic E-state index is 0.823. The van der Waals surface area contributed by atoms with Crippen molar-refractivity contribution in [1.82, 2.24) is 0 Å². The Kier molecular flexibility index (Phi) is 15.6. The molecule has 0 rings (SSSR count). The topological polar surface area (TPSA) is 0 Å². The molecule has 0 aliphatic heterocycles. The van der Waals surface area contributed by atoms with Crippen molar-refractivity contribution in [2.45, 2.75) is 130 Å². The fourth-order valence-electron chi connectivity index (χ4n) is 4.11. The maximum Gasteiger partial charge on any atom is 0.00805 e. The van der Waals surface area contributed by atoms with Gasteiger partial charge in [0.05, 0.1) is 0 Å². The molecule has 0 aromatic rings. The van der Waals surface area contributed by atoms with E-state index in [9.17, 15) is 0 Å². The second-order valence-electron chi connectivity index (χ2n) is 9.09.